The fraction of sp³-hybridized carbons (Fsp3) is 0.235. The predicted octanol–water partition coefficient (Wildman–Crippen LogP) is 3.05. The molecule has 0 bridgehead atoms. The Bertz CT molecular complexity index is 772. The second-order valence-corrected chi connectivity index (χ2v) is 6.40. The van der Waals surface area contributed by atoms with Crippen molar-refractivity contribution in [1.82, 2.24) is 14.8 Å². The van der Waals surface area contributed by atoms with Crippen molar-refractivity contribution in [3.63, 3.8) is 0 Å². The molecule has 1 aromatic carbocycles. The molecule has 1 saturated heterocycles. The topological polar surface area (TPSA) is 65.5 Å². The van der Waals surface area contributed by atoms with Gasteiger partial charge in [0, 0.05) is 37.9 Å². The van der Waals surface area contributed by atoms with Gasteiger partial charge in [-0.2, -0.15) is 0 Å². The van der Waals surface area contributed by atoms with Crippen LogP contribution in [0, 0.1) is 0 Å². The van der Waals surface area contributed by atoms with Crippen LogP contribution < -0.4 is 5.32 Å². The van der Waals surface area contributed by atoms with Crippen LogP contribution >= 0.6 is 23.2 Å². The highest BCUT2D eigenvalue weighted by Crippen LogP contribution is 2.32. The predicted molar refractivity (Wildman–Crippen MR) is 97.5 cm³/mol. The minimum absolute atomic E-state index is 0.0961. The maximum absolute atomic E-state index is 12.6. The van der Waals surface area contributed by atoms with Crippen LogP contribution in [0.2, 0.25) is 10.0 Å². The molecular formula is C17H16Cl2N4O2. The smallest absolute Gasteiger partial charge is 0.254 e. The van der Waals surface area contributed by atoms with Crippen molar-refractivity contribution in [3.8, 4) is 0 Å². The van der Waals surface area contributed by atoms with E-state index in [-0.39, 0.29) is 5.91 Å². The number of aromatic nitrogens is 1. The molecule has 0 unspecified atom stereocenters. The van der Waals surface area contributed by atoms with Crippen molar-refractivity contribution in [3.05, 3.63) is 52.1 Å². The minimum atomic E-state index is -0.0961. The van der Waals surface area contributed by atoms with E-state index in [9.17, 15) is 9.59 Å². The maximum atomic E-state index is 12.6. The Labute approximate surface area is 155 Å². The minimum Gasteiger partial charge on any atom is -0.342 e. The third-order valence-electron chi connectivity index (χ3n) is 3.97. The Morgan fingerprint density at radius 1 is 1.12 bits per heavy atom. The number of nitrogens with one attached hydrogen (secondary N) is 1. The Balaban J connectivity index is 1.75. The number of pyridine rings is 1. The number of piperazine rings is 1. The molecule has 1 fully saturated rings. The van der Waals surface area contributed by atoms with E-state index in [4.69, 9.17) is 23.2 Å². The molecule has 8 heteroatoms. The van der Waals surface area contributed by atoms with Gasteiger partial charge in [0.05, 0.1) is 15.7 Å². The van der Waals surface area contributed by atoms with Gasteiger partial charge in [-0.1, -0.05) is 29.3 Å². The molecule has 1 aliphatic heterocycles. The molecular weight excluding hydrogens is 363 g/mol. The summed E-state index contributed by atoms with van der Waals surface area (Å²) >= 11 is 12.3. The summed E-state index contributed by atoms with van der Waals surface area (Å²) < 4.78 is 0. The Kier molecular flexibility index (Phi) is 5.40. The van der Waals surface area contributed by atoms with Gasteiger partial charge in [-0.15, -0.1) is 0 Å². The lowest BCUT2D eigenvalue weighted by Gasteiger charge is -2.32. The highest BCUT2D eigenvalue weighted by atomic mass is 35.5. The molecule has 1 aromatic heterocycles. The number of anilines is 2. The van der Waals surface area contributed by atoms with E-state index in [0.717, 1.165) is 6.41 Å². The zero-order chi connectivity index (χ0) is 17.8. The lowest BCUT2D eigenvalue weighted by Crippen LogP contribution is -2.48. The molecule has 0 radical (unpaired) electrons. The van der Waals surface area contributed by atoms with Crippen LogP contribution in [-0.2, 0) is 4.79 Å². The van der Waals surface area contributed by atoms with E-state index in [2.05, 4.69) is 10.3 Å². The molecule has 2 heterocycles. The van der Waals surface area contributed by atoms with Gasteiger partial charge in [-0.05, 0) is 24.3 Å². The van der Waals surface area contributed by atoms with Gasteiger partial charge >= 0.3 is 0 Å². The van der Waals surface area contributed by atoms with Crippen LogP contribution in [0.15, 0.2) is 36.5 Å². The van der Waals surface area contributed by atoms with Crippen LogP contribution in [0.25, 0.3) is 0 Å². The van der Waals surface area contributed by atoms with E-state index in [1.807, 2.05) is 0 Å². The fourth-order valence-electron chi connectivity index (χ4n) is 2.59. The summed E-state index contributed by atoms with van der Waals surface area (Å²) in [5, 5.41) is 3.99. The number of amides is 2. The van der Waals surface area contributed by atoms with Gasteiger partial charge in [-0.3, -0.25) is 9.59 Å². The molecule has 0 spiro atoms. The van der Waals surface area contributed by atoms with Gasteiger partial charge in [0.15, 0.2) is 0 Å². The molecule has 1 N–H and O–H groups in total. The summed E-state index contributed by atoms with van der Waals surface area (Å²) in [6, 6.07) is 8.51. The van der Waals surface area contributed by atoms with Crippen LogP contribution in [0.1, 0.15) is 10.4 Å². The zero-order valence-electron chi connectivity index (χ0n) is 13.3. The number of hydrogen-bond donors (Lipinski definition) is 1. The number of hydrogen-bond acceptors (Lipinski definition) is 4. The SMILES string of the molecule is O=CN1CCN(C(=O)c2ccnc(Nc3c(Cl)cccc3Cl)c2)CC1. The van der Waals surface area contributed by atoms with E-state index < -0.39 is 0 Å². The number of para-hydroxylation sites is 1. The summed E-state index contributed by atoms with van der Waals surface area (Å²) in [5.74, 6) is 0.383. The average molecular weight is 379 g/mol. The van der Waals surface area contributed by atoms with Gasteiger partial charge in [0.1, 0.15) is 5.82 Å². The van der Waals surface area contributed by atoms with Crippen LogP contribution in [-0.4, -0.2) is 53.3 Å². The lowest BCUT2D eigenvalue weighted by molar-refractivity contribution is -0.119. The quantitative estimate of drug-likeness (QED) is 0.830. The lowest BCUT2D eigenvalue weighted by atomic mass is 10.2. The molecule has 0 saturated carbocycles. The van der Waals surface area contributed by atoms with Crippen LogP contribution in [0.3, 0.4) is 0 Å². The standard InChI is InChI=1S/C17H16Cl2N4O2/c18-13-2-1-3-14(19)16(13)21-15-10-12(4-5-20-15)17(25)23-8-6-22(11-24)7-9-23/h1-5,10-11H,6-9H2,(H,20,21). The molecule has 130 valence electrons. The van der Waals surface area contributed by atoms with E-state index >= 15 is 0 Å². The van der Waals surface area contributed by atoms with Crippen molar-refractivity contribution in [2.24, 2.45) is 0 Å². The molecule has 2 amide bonds. The molecule has 2 aromatic rings. The van der Waals surface area contributed by atoms with Gasteiger partial charge in [-0.25, -0.2) is 4.98 Å². The van der Waals surface area contributed by atoms with Crippen molar-refractivity contribution in [1.29, 1.82) is 0 Å². The second kappa shape index (κ2) is 7.72. The Morgan fingerprint density at radius 2 is 1.80 bits per heavy atom. The highest BCUT2D eigenvalue weighted by Gasteiger charge is 2.21. The van der Waals surface area contributed by atoms with Gasteiger partial charge < -0.3 is 15.1 Å². The third-order valence-corrected chi connectivity index (χ3v) is 4.60. The number of carbonyl (C=O) groups excluding carboxylic acids is 2. The summed E-state index contributed by atoms with van der Waals surface area (Å²) in [6.45, 7) is 2.11. The average Bonchev–Trinajstić information content (AvgIpc) is 2.64. The first kappa shape index (κ1) is 17.5. The van der Waals surface area contributed by atoms with Crippen molar-refractivity contribution < 1.29 is 9.59 Å². The first-order valence-corrected chi connectivity index (χ1v) is 8.50. The number of halogens is 2. The first-order valence-electron chi connectivity index (χ1n) is 7.74. The summed E-state index contributed by atoms with van der Waals surface area (Å²) in [7, 11) is 0. The largest absolute Gasteiger partial charge is 0.342 e. The number of nitrogens with zero attached hydrogens (tertiary/aromatic N) is 3. The van der Waals surface area contributed by atoms with Crippen LogP contribution in [0.5, 0.6) is 0 Å². The number of carbonyl (C=O) groups is 2. The Morgan fingerprint density at radius 3 is 2.44 bits per heavy atom. The van der Waals surface area contributed by atoms with E-state index in [1.165, 1.54) is 0 Å². The van der Waals surface area contributed by atoms with Crippen molar-refractivity contribution in [2.45, 2.75) is 0 Å². The number of benzene rings is 1. The van der Waals surface area contributed by atoms with Crippen molar-refractivity contribution >= 4 is 47.0 Å². The third kappa shape index (κ3) is 4.03. The highest BCUT2D eigenvalue weighted by molar-refractivity contribution is 6.39. The van der Waals surface area contributed by atoms with Crippen molar-refractivity contribution in [2.75, 3.05) is 31.5 Å². The maximum Gasteiger partial charge on any atom is 0.254 e. The molecule has 25 heavy (non-hydrogen) atoms. The molecule has 0 atom stereocenters. The molecule has 0 aliphatic carbocycles. The van der Waals surface area contributed by atoms with E-state index in [0.29, 0.717) is 53.3 Å². The number of rotatable bonds is 4. The van der Waals surface area contributed by atoms with Crippen LogP contribution in [0.4, 0.5) is 11.5 Å². The summed E-state index contributed by atoms with van der Waals surface area (Å²) in [6.07, 6.45) is 2.37. The fourth-order valence-corrected chi connectivity index (χ4v) is 3.08. The van der Waals surface area contributed by atoms with E-state index in [1.54, 1.807) is 46.3 Å². The second-order valence-electron chi connectivity index (χ2n) is 5.58. The summed E-state index contributed by atoms with van der Waals surface area (Å²) in [5.41, 5.74) is 1.06. The molecule has 6 nitrogen and oxygen atoms in total. The molecule has 3 rings (SSSR count). The first-order chi connectivity index (χ1) is 12.1. The normalized spacial score (nSPS) is 14.3. The summed E-state index contributed by atoms with van der Waals surface area (Å²) in [4.78, 5) is 31.0. The van der Waals surface area contributed by atoms with Gasteiger partial charge in [0.2, 0.25) is 6.41 Å². The zero-order valence-corrected chi connectivity index (χ0v) is 14.8. The Hall–Kier alpha value is -2.31. The van der Waals surface area contributed by atoms with Gasteiger partial charge in [0.25, 0.3) is 5.91 Å². The monoisotopic (exact) mass is 378 g/mol. The molecule has 1 aliphatic rings.